The lowest BCUT2D eigenvalue weighted by atomic mass is 10.6. The summed E-state index contributed by atoms with van der Waals surface area (Å²) in [5, 5.41) is 3.43. The Labute approximate surface area is 101 Å². The van der Waals surface area contributed by atoms with Crippen molar-refractivity contribution in [2.75, 3.05) is 39.1 Å². The van der Waals surface area contributed by atoms with Crippen molar-refractivity contribution in [1.29, 1.82) is 0 Å². The van der Waals surface area contributed by atoms with Crippen LogP contribution in [0.3, 0.4) is 0 Å². The highest BCUT2D eigenvalue weighted by Crippen LogP contribution is 2.21. The molecule has 5 nitrogen and oxygen atoms in total. The van der Waals surface area contributed by atoms with E-state index in [0.29, 0.717) is 23.5 Å². The average molecular weight is 245 g/mol. The van der Waals surface area contributed by atoms with Crippen LogP contribution in [0.2, 0.25) is 5.02 Å². The van der Waals surface area contributed by atoms with Crippen LogP contribution in [0.25, 0.3) is 0 Å². The quantitative estimate of drug-likeness (QED) is 0.822. The summed E-state index contributed by atoms with van der Waals surface area (Å²) in [5.41, 5.74) is 0. The standard InChI is InChI=1S/C10H17ClN4O/c1-4-12-10-13-7-8(11)9(14-10)16-6-5-15(2)3/h7H,4-6H2,1-3H3,(H,12,13,14). The van der Waals surface area contributed by atoms with E-state index in [1.165, 1.54) is 6.20 Å². The smallest absolute Gasteiger partial charge is 0.237 e. The Morgan fingerprint density at radius 1 is 1.50 bits per heavy atom. The van der Waals surface area contributed by atoms with Gasteiger partial charge >= 0.3 is 0 Å². The van der Waals surface area contributed by atoms with Gasteiger partial charge in [-0.1, -0.05) is 11.6 Å². The Kier molecular flexibility index (Phi) is 5.28. The summed E-state index contributed by atoms with van der Waals surface area (Å²) >= 11 is 5.92. The van der Waals surface area contributed by atoms with E-state index in [1.54, 1.807) is 0 Å². The lowest BCUT2D eigenvalue weighted by molar-refractivity contribution is 0.254. The zero-order valence-corrected chi connectivity index (χ0v) is 10.6. The molecule has 0 unspecified atom stereocenters. The van der Waals surface area contributed by atoms with Crippen molar-refractivity contribution in [2.45, 2.75) is 6.92 Å². The topological polar surface area (TPSA) is 50.3 Å². The van der Waals surface area contributed by atoms with Crippen LogP contribution in [0.1, 0.15) is 6.92 Å². The minimum Gasteiger partial charge on any atom is -0.475 e. The minimum atomic E-state index is 0.425. The van der Waals surface area contributed by atoms with Crippen LogP contribution in [-0.2, 0) is 0 Å². The molecule has 1 heterocycles. The molecule has 0 aromatic carbocycles. The van der Waals surface area contributed by atoms with Crippen LogP contribution < -0.4 is 10.1 Å². The fourth-order valence-electron chi connectivity index (χ4n) is 1.02. The Balaban J connectivity index is 2.59. The first-order valence-corrected chi connectivity index (χ1v) is 5.55. The summed E-state index contributed by atoms with van der Waals surface area (Å²) in [6, 6.07) is 0. The predicted molar refractivity (Wildman–Crippen MR) is 65.3 cm³/mol. The van der Waals surface area contributed by atoms with E-state index in [4.69, 9.17) is 16.3 Å². The minimum absolute atomic E-state index is 0.425. The maximum Gasteiger partial charge on any atom is 0.237 e. The fourth-order valence-corrected chi connectivity index (χ4v) is 1.17. The molecule has 1 rings (SSSR count). The van der Waals surface area contributed by atoms with E-state index in [-0.39, 0.29) is 0 Å². The number of nitrogens with zero attached hydrogens (tertiary/aromatic N) is 3. The second-order valence-electron chi connectivity index (χ2n) is 3.53. The molecule has 0 aliphatic heterocycles. The van der Waals surface area contributed by atoms with Gasteiger partial charge in [-0.3, -0.25) is 0 Å². The molecule has 16 heavy (non-hydrogen) atoms. The normalized spacial score (nSPS) is 10.6. The third-order valence-electron chi connectivity index (χ3n) is 1.82. The number of rotatable bonds is 6. The van der Waals surface area contributed by atoms with Crippen molar-refractivity contribution in [3.63, 3.8) is 0 Å². The van der Waals surface area contributed by atoms with E-state index in [0.717, 1.165) is 13.1 Å². The van der Waals surface area contributed by atoms with Gasteiger partial charge in [0.05, 0.1) is 6.20 Å². The lowest BCUT2D eigenvalue weighted by Crippen LogP contribution is -2.20. The predicted octanol–water partition coefficient (Wildman–Crippen LogP) is 1.50. The number of hydrogen-bond donors (Lipinski definition) is 1. The Morgan fingerprint density at radius 2 is 2.25 bits per heavy atom. The molecule has 0 spiro atoms. The molecule has 6 heteroatoms. The molecule has 1 aromatic heterocycles. The highest BCUT2D eigenvalue weighted by atomic mass is 35.5. The van der Waals surface area contributed by atoms with E-state index in [1.807, 2.05) is 25.9 Å². The fraction of sp³-hybridized carbons (Fsp3) is 0.600. The van der Waals surface area contributed by atoms with E-state index in [2.05, 4.69) is 15.3 Å². The largest absolute Gasteiger partial charge is 0.475 e. The van der Waals surface area contributed by atoms with Gasteiger partial charge in [0, 0.05) is 13.1 Å². The highest BCUT2D eigenvalue weighted by Gasteiger charge is 2.06. The van der Waals surface area contributed by atoms with Gasteiger partial charge in [-0.05, 0) is 21.0 Å². The molecule has 0 bridgehead atoms. The zero-order valence-electron chi connectivity index (χ0n) is 9.83. The van der Waals surface area contributed by atoms with Crippen LogP contribution >= 0.6 is 11.6 Å². The highest BCUT2D eigenvalue weighted by molar-refractivity contribution is 6.31. The molecule has 1 N–H and O–H groups in total. The van der Waals surface area contributed by atoms with Crippen molar-refractivity contribution in [1.82, 2.24) is 14.9 Å². The number of ether oxygens (including phenoxy) is 1. The van der Waals surface area contributed by atoms with Crippen molar-refractivity contribution >= 4 is 17.5 Å². The van der Waals surface area contributed by atoms with Crippen LogP contribution in [0.5, 0.6) is 5.88 Å². The first-order chi connectivity index (χ1) is 7.63. The monoisotopic (exact) mass is 244 g/mol. The number of aromatic nitrogens is 2. The third-order valence-corrected chi connectivity index (χ3v) is 2.08. The van der Waals surface area contributed by atoms with Gasteiger partial charge in [0.25, 0.3) is 0 Å². The number of halogens is 1. The molecule has 0 saturated heterocycles. The molecular weight excluding hydrogens is 228 g/mol. The molecule has 0 atom stereocenters. The second kappa shape index (κ2) is 6.50. The van der Waals surface area contributed by atoms with Gasteiger partial charge in [-0.2, -0.15) is 4.98 Å². The van der Waals surface area contributed by atoms with Crippen LogP contribution in [0, 0.1) is 0 Å². The van der Waals surface area contributed by atoms with Crippen LogP contribution in [0.15, 0.2) is 6.20 Å². The molecule has 0 radical (unpaired) electrons. The number of anilines is 1. The maximum atomic E-state index is 5.92. The lowest BCUT2D eigenvalue weighted by Gasteiger charge is -2.11. The van der Waals surface area contributed by atoms with Crippen molar-refractivity contribution < 1.29 is 4.74 Å². The van der Waals surface area contributed by atoms with Crippen molar-refractivity contribution in [3.05, 3.63) is 11.2 Å². The molecule has 0 amide bonds. The summed E-state index contributed by atoms with van der Waals surface area (Å²) in [5.74, 6) is 0.959. The van der Waals surface area contributed by atoms with Gasteiger partial charge in [0.15, 0.2) is 0 Å². The van der Waals surface area contributed by atoms with Gasteiger partial charge in [0.2, 0.25) is 11.8 Å². The average Bonchev–Trinajstić information content (AvgIpc) is 2.22. The van der Waals surface area contributed by atoms with E-state index >= 15 is 0 Å². The molecular formula is C10H17ClN4O. The summed E-state index contributed by atoms with van der Waals surface area (Å²) in [4.78, 5) is 10.2. The third kappa shape index (κ3) is 4.20. The Morgan fingerprint density at radius 3 is 2.88 bits per heavy atom. The summed E-state index contributed by atoms with van der Waals surface area (Å²) < 4.78 is 5.47. The van der Waals surface area contributed by atoms with Crippen molar-refractivity contribution in [3.8, 4) is 5.88 Å². The Bertz CT molecular complexity index is 333. The molecule has 0 fully saturated rings. The van der Waals surface area contributed by atoms with Crippen molar-refractivity contribution in [2.24, 2.45) is 0 Å². The first kappa shape index (κ1) is 13.0. The molecule has 90 valence electrons. The zero-order chi connectivity index (χ0) is 12.0. The maximum absolute atomic E-state index is 5.92. The molecule has 0 saturated carbocycles. The SMILES string of the molecule is CCNc1ncc(Cl)c(OCCN(C)C)n1. The molecule has 0 aliphatic carbocycles. The molecule has 1 aromatic rings. The van der Waals surface area contributed by atoms with Gasteiger partial charge < -0.3 is 15.0 Å². The summed E-state index contributed by atoms with van der Waals surface area (Å²) in [7, 11) is 3.96. The van der Waals surface area contributed by atoms with E-state index < -0.39 is 0 Å². The number of hydrogen-bond acceptors (Lipinski definition) is 5. The Hall–Kier alpha value is -1.07. The first-order valence-electron chi connectivity index (χ1n) is 5.17. The van der Waals surface area contributed by atoms with Crippen LogP contribution in [0.4, 0.5) is 5.95 Å². The van der Waals surface area contributed by atoms with Crippen LogP contribution in [-0.4, -0.2) is 48.7 Å². The number of likely N-dealkylation sites (N-methyl/N-ethyl adjacent to an activating group) is 1. The summed E-state index contributed by atoms with van der Waals surface area (Å²) in [6.45, 7) is 4.11. The second-order valence-corrected chi connectivity index (χ2v) is 3.94. The summed E-state index contributed by atoms with van der Waals surface area (Å²) in [6.07, 6.45) is 1.54. The van der Waals surface area contributed by atoms with Gasteiger partial charge in [-0.25, -0.2) is 4.98 Å². The molecule has 0 aliphatic rings. The number of nitrogens with one attached hydrogen (secondary N) is 1. The van der Waals surface area contributed by atoms with Gasteiger partial charge in [-0.15, -0.1) is 0 Å². The van der Waals surface area contributed by atoms with E-state index in [9.17, 15) is 0 Å². The van der Waals surface area contributed by atoms with Gasteiger partial charge in [0.1, 0.15) is 11.6 Å².